The number of rotatable bonds is 18. The quantitative estimate of drug-likeness (QED) is 0.0175. The first kappa shape index (κ1) is 105. The van der Waals surface area contributed by atoms with Crippen LogP contribution in [0.1, 0.15) is 77.8 Å². The number of benzene rings is 9. The number of aromatic carboxylic acids is 1. The van der Waals surface area contributed by atoms with Gasteiger partial charge in [0.25, 0.3) is 5.24 Å². The smallest absolute Gasteiger partial charge is 0.337 e. The maximum Gasteiger partial charge on any atom is 0.337 e. The summed E-state index contributed by atoms with van der Waals surface area (Å²) in [6, 6.07) is 52.9. The second kappa shape index (κ2) is 49.0. The molecule has 0 aromatic heterocycles. The van der Waals surface area contributed by atoms with Crippen LogP contribution in [0.3, 0.4) is 0 Å². The Morgan fingerprint density at radius 1 is 0.460 bits per heavy atom. The number of halogens is 10. The predicted molar refractivity (Wildman–Crippen MR) is 541 cm³/mol. The van der Waals surface area contributed by atoms with Crippen LogP contribution < -0.4 is 37.9 Å². The van der Waals surface area contributed by atoms with Crippen LogP contribution in [0.25, 0.3) is 0 Å². The van der Waals surface area contributed by atoms with Gasteiger partial charge < -0.3 is 90.9 Å². The number of aliphatic hydroxyl groups is 4. The molecule has 9 atom stereocenters. The maximum absolute atomic E-state index is 12.6. The average Bonchev–Trinajstić information content (AvgIpc) is 0.768. The first-order valence-corrected chi connectivity index (χ1v) is 58.7. The van der Waals surface area contributed by atoms with Crippen molar-refractivity contribution in [3.05, 3.63) is 257 Å². The molecule has 6 heterocycles. The lowest BCUT2D eigenvalue weighted by Crippen LogP contribution is -2.64. The Bertz CT molecular complexity index is 5160. The van der Waals surface area contributed by atoms with Crippen LogP contribution in [-0.4, -0.2) is 189 Å². The van der Waals surface area contributed by atoms with Crippen molar-refractivity contribution in [2.24, 2.45) is 0 Å². The molecule has 678 valence electrons. The Morgan fingerprint density at radius 2 is 0.849 bits per heavy atom. The van der Waals surface area contributed by atoms with Gasteiger partial charge in [0, 0.05) is 66.0 Å². The van der Waals surface area contributed by atoms with E-state index in [4.69, 9.17) is 82.1 Å². The van der Waals surface area contributed by atoms with E-state index in [0.29, 0.717) is 121 Å². The fraction of sp³-hybridized carbons (Fsp3) is 0.356. The van der Waals surface area contributed by atoms with Crippen LogP contribution >= 0.6 is 182 Å². The van der Waals surface area contributed by atoms with Gasteiger partial charge in [0.1, 0.15) is 95.6 Å². The third-order valence-corrected chi connectivity index (χ3v) is 28.2. The molecule has 0 bridgehead atoms. The molecule has 2 saturated heterocycles. The summed E-state index contributed by atoms with van der Waals surface area (Å²) in [5.74, 6) is 3.13. The number of carbonyl (C=O) groups is 4. The number of esters is 1. The van der Waals surface area contributed by atoms with Crippen molar-refractivity contribution in [2.75, 3.05) is 66.6 Å². The molecule has 9 aromatic rings. The summed E-state index contributed by atoms with van der Waals surface area (Å²) in [5, 5.41) is 48.9. The topological polar surface area (TPSA) is 299 Å². The molecule has 0 aliphatic carbocycles. The van der Waals surface area contributed by atoms with Gasteiger partial charge in [0.2, 0.25) is 5.79 Å². The highest BCUT2D eigenvalue weighted by Crippen LogP contribution is 2.43. The molecule has 6 aliphatic rings. The van der Waals surface area contributed by atoms with E-state index in [1.165, 1.54) is 21.8 Å². The van der Waals surface area contributed by atoms with Crippen LogP contribution in [0.4, 0.5) is 0 Å². The summed E-state index contributed by atoms with van der Waals surface area (Å²) in [4.78, 5) is 46.5. The van der Waals surface area contributed by atoms with Gasteiger partial charge >= 0.3 is 11.9 Å². The summed E-state index contributed by atoms with van der Waals surface area (Å²) in [5.41, 5.74) is 6.88. The van der Waals surface area contributed by atoms with Crippen molar-refractivity contribution in [1.82, 2.24) is 0 Å². The first-order valence-electron chi connectivity index (χ1n) is 39.8. The summed E-state index contributed by atoms with van der Waals surface area (Å²) < 4.78 is 88.3. The highest BCUT2D eigenvalue weighted by molar-refractivity contribution is 14.1. The Balaban J connectivity index is 0.000000172. The standard InChI is InChI=1S/C22H25BrO8.C16H36O5Si3.C15H10BrIO3.C15H12BrIO2.C8H8O2.C7H3BrClIO.C7H4BrIO2/c1-28-22(21(27)20(26)19(25)18(11-24)31-22)14-3-4-15(23)13(10-14)8-12-2-5-16-17(9-12)30-7-6-29-16;1-11-12-13(19-22(2,3)4)14(20-23(5,6)7)15(16(17)18-12)21-24(8,9)10;16-12-3-2-10(17)8-11(12)15(18)9-1-4-13-14(7-9)20-6-5-19-13;16-13-3-2-12(17)9-11(13)7-10-1-4-14-15(8-10)19-6-5-18-14;1-2-4-8-7(3-1)9-5-6-10-8;8-6-2-1-4(10)3-5(6)7(9)11;8-6-2-1-4(9)3-5(6)7(10)11/h2-5,9-10,18-21,24-27H,6-8,11H2,1H3;12-15H,11H2,1-10H3;1-4,7-8H,5-6H2;1-4,8-9H,5-7H2;1-4H,5-6H2;1-3H;1-3H,(H,10,11)/t18-,19-,20+,21-,22+;12-,13-,14+,15-;;;;;/m11...../s1. The minimum atomic E-state index is -1.93. The lowest BCUT2D eigenvalue weighted by atomic mass is 9.87. The zero-order chi connectivity index (χ0) is 92.1. The van der Waals surface area contributed by atoms with Gasteiger partial charge in [-0.05, 0) is 374 Å². The fourth-order valence-corrected chi connectivity index (χ4v) is 20.6. The molecule has 0 saturated carbocycles. The normalized spacial score (nSPS) is 20.0. The molecule has 0 radical (unpaired) electrons. The fourth-order valence-electron chi connectivity index (χ4n) is 13.1. The van der Waals surface area contributed by atoms with Gasteiger partial charge in [-0.2, -0.15) is 0 Å². The van der Waals surface area contributed by atoms with Crippen LogP contribution in [0.5, 0.6) is 46.0 Å². The lowest BCUT2D eigenvalue weighted by Gasteiger charge is -2.47. The highest BCUT2D eigenvalue weighted by atomic mass is 127. The monoisotopic (exact) mass is 2570 g/mol. The highest BCUT2D eigenvalue weighted by Gasteiger charge is 2.56. The zero-order valence-corrected chi connectivity index (χ0v) is 90.9. The number of para-hydroxylation sites is 2. The molecule has 0 amide bonds. The van der Waals surface area contributed by atoms with Crippen molar-refractivity contribution >= 4 is 230 Å². The number of carboxylic acids is 1. The number of carbonyl (C=O) groups excluding carboxylic acids is 3. The molecule has 126 heavy (non-hydrogen) atoms. The zero-order valence-electron chi connectivity index (χ0n) is 70.6. The van der Waals surface area contributed by atoms with E-state index in [1.807, 2.05) is 85.8 Å². The van der Waals surface area contributed by atoms with Crippen molar-refractivity contribution in [2.45, 2.75) is 140 Å². The number of fused-ring (bicyclic) bond motifs is 4. The molecule has 15 rings (SSSR count). The van der Waals surface area contributed by atoms with E-state index in [9.17, 15) is 39.6 Å². The van der Waals surface area contributed by atoms with Gasteiger partial charge in [0.15, 0.2) is 82.8 Å². The van der Waals surface area contributed by atoms with Gasteiger partial charge in [-0.25, -0.2) is 9.59 Å². The average molecular weight is 2570 g/mol. The third kappa shape index (κ3) is 30.8. The molecule has 0 unspecified atom stereocenters. The van der Waals surface area contributed by atoms with E-state index < -0.39 is 79.1 Å². The molecule has 36 heteroatoms. The Hall–Kier alpha value is -4.44. The van der Waals surface area contributed by atoms with Gasteiger partial charge in [-0.1, -0.05) is 85.0 Å². The molecular weight excluding hydrogens is 2480 g/mol. The summed E-state index contributed by atoms with van der Waals surface area (Å²) in [7, 11) is -4.31. The molecule has 5 N–H and O–H groups in total. The van der Waals surface area contributed by atoms with E-state index >= 15 is 0 Å². The predicted octanol–water partition coefficient (Wildman–Crippen LogP) is 21.2. The molecular formula is C90H98Br5ClI4O23Si3. The molecule has 23 nitrogen and oxygen atoms in total. The second-order valence-electron chi connectivity index (χ2n) is 31.7. The van der Waals surface area contributed by atoms with Crippen molar-refractivity contribution in [3.8, 4) is 46.0 Å². The largest absolute Gasteiger partial charge is 0.486 e. The van der Waals surface area contributed by atoms with Crippen LogP contribution in [-0.2, 0) is 50.9 Å². The van der Waals surface area contributed by atoms with Crippen molar-refractivity contribution < 1.29 is 110 Å². The van der Waals surface area contributed by atoms with Crippen LogP contribution in [0, 0.1) is 14.3 Å². The van der Waals surface area contributed by atoms with Crippen molar-refractivity contribution in [3.63, 3.8) is 0 Å². The lowest BCUT2D eigenvalue weighted by molar-refractivity contribution is -0.366. The third-order valence-electron chi connectivity index (χ3n) is 18.8. The van der Waals surface area contributed by atoms with E-state index in [-0.39, 0.29) is 30.1 Å². The van der Waals surface area contributed by atoms with Gasteiger partial charge in [-0.15, -0.1) is 0 Å². The molecule has 6 aliphatic heterocycles. The number of carboxylic acid groups (broad SMARTS) is 1. The van der Waals surface area contributed by atoms with Crippen LogP contribution in [0.2, 0.25) is 58.9 Å². The van der Waals surface area contributed by atoms with Gasteiger partial charge in [0.05, 0.1) is 12.2 Å². The number of hydrogen-bond donors (Lipinski definition) is 5. The second-order valence-corrected chi connectivity index (χ2v) is 54.7. The Kier molecular flexibility index (Phi) is 40.9. The minimum Gasteiger partial charge on any atom is -0.486 e. The van der Waals surface area contributed by atoms with Gasteiger partial charge in [-0.3, -0.25) is 9.59 Å². The number of hydrogen-bond acceptors (Lipinski definition) is 22. The van der Waals surface area contributed by atoms with Crippen LogP contribution in [0.15, 0.2) is 192 Å². The number of ether oxygens (including phenoxy) is 11. The van der Waals surface area contributed by atoms with E-state index in [0.717, 1.165) is 69.1 Å². The van der Waals surface area contributed by atoms with E-state index in [1.54, 1.807) is 60.7 Å². The summed E-state index contributed by atoms with van der Waals surface area (Å²) in [6.45, 7) is 25.2. The number of methoxy groups -OCH3 is 1. The van der Waals surface area contributed by atoms with Crippen molar-refractivity contribution in [1.29, 1.82) is 0 Å². The maximum atomic E-state index is 12.6. The Labute approximate surface area is 838 Å². The summed E-state index contributed by atoms with van der Waals surface area (Å²) in [6.07, 6.45) is -5.17. The summed E-state index contributed by atoms with van der Waals surface area (Å²) >= 11 is 31.0. The minimum absolute atomic E-state index is 0.0348. The number of cyclic esters (lactones) is 1. The number of ketones is 1. The molecule has 0 spiro atoms. The Morgan fingerprint density at radius 3 is 1.28 bits per heavy atom. The first-order chi connectivity index (χ1) is 59.6. The molecule has 9 aromatic carbocycles. The SMILES string of the molecule is Brc1ccc(I)cc1Cc1ccc2c(c1)OCCO2.CC[C@H]1OC(=O)[C@H](O[Si](C)(C)C)[C@@H](O[Si](C)(C)C)[C@@H]1O[Si](C)(C)C.CO[C@@]1(c2ccc(Br)c(Cc3ccc4c(c3)OCCO4)c2)O[C@H](CO)[C@@H](O)[C@H](O)[C@H]1O.O=C(Cl)c1cc(I)ccc1Br.O=C(O)c1cc(I)ccc1Br.O=C(c1ccc2c(c1)OCCO2)c1cc(I)ccc1Br.c1ccc2c(c1)OCCO2. The van der Waals surface area contributed by atoms with E-state index in [2.05, 4.69) is 259 Å². The number of aliphatic hydroxyl groups excluding tert-OH is 4. The molecule has 2 fully saturated rings.